The maximum Gasteiger partial charge on any atom is 0.448 e. The molecule has 2 aromatic heterocycles. The zero-order chi connectivity index (χ0) is 33.9. The van der Waals surface area contributed by atoms with Crippen molar-refractivity contribution < 1.29 is 41.7 Å². The van der Waals surface area contributed by atoms with Gasteiger partial charge in [-0.1, -0.05) is 31.6 Å². The summed E-state index contributed by atoms with van der Waals surface area (Å²) >= 11 is 0. The molecule has 0 aliphatic heterocycles. The number of aromatic amines is 1. The van der Waals surface area contributed by atoms with Crippen molar-refractivity contribution in [3.05, 3.63) is 106 Å². The minimum absolute atomic E-state index is 0.0369. The summed E-state index contributed by atoms with van der Waals surface area (Å²) in [7, 11) is 4.25. The number of aliphatic hydroxyl groups is 1. The Kier molecular flexibility index (Phi) is 12.5. The van der Waals surface area contributed by atoms with Crippen molar-refractivity contribution in [1.82, 2.24) is 14.8 Å². The lowest BCUT2D eigenvalue weighted by molar-refractivity contribution is -0.880. The molecule has 0 fully saturated rings. The highest BCUT2D eigenvalue weighted by Crippen LogP contribution is 2.34. The van der Waals surface area contributed by atoms with Gasteiger partial charge in [0.2, 0.25) is 0 Å². The summed E-state index contributed by atoms with van der Waals surface area (Å²) in [5.74, 6) is -1.73. The van der Waals surface area contributed by atoms with Crippen molar-refractivity contribution >= 4 is 11.5 Å². The molecule has 2 aromatic carbocycles. The van der Waals surface area contributed by atoms with Crippen LogP contribution in [0.1, 0.15) is 36.8 Å². The molecule has 0 bridgehead atoms. The van der Waals surface area contributed by atoms with Crippen LogP contribution in [0.5, 0.6) is 11.5 Å². The second kappa shape index (κ2) is 15.8. The van der Waals surface area contributed by atoms with Crippen LogP contribution >= 0.6 is 0 Å². The first-order chi connectivity index (χ1) is 21.3. The maximum atomic E-state index is 15.5. The van der Waals surface area contributed by atoms with E-state index < -0.39 is 29.5 Å². The Hall–Kier alpha value is -5.54. The van der Waals surface area contributed by atoms with Crippen LogP contribution in [0.15, 0.2) is 77.9 Å². The van der Waals surface area contributed by atoms with Gasteiger partial charge in [-0.2, -0.15) is 13.2 Å². The molecule has 4 aromatic rings. The Balaban J connectivity index is 0.000000692. The molecule has 1 atom stereocenters. The van der Waals surface area contributed by atoms with Crippen LogP contribution in [0.2, 0.25) is 0 Å². The molecule has 0 saturated carbocycles. The Labute approximate surface area is 255 Å². The fourth-order valence-corrected chi connectivity index (χ4v) is 3.64. The van der Waals surface area contributed by atoms with E-state index in [4.69, 9.17) is 30.6 Å². The van der Waals surface area contributed by atoms with Crippen molar-refractivity contribution in [2.24, 2.45) is 5.73 Å². The van der Waals surface area contributed by atoms with Crippen LogP contribution < -0.4 is 35.8 Å². The average molecular weight is 637 g/mol. The summed E-state index contributed by atoms with van der Waals surface area (Å²) in [6.45, 7) is 6.26. The number of allylic oxidation sites excluding steroid dienone is 1. The molecule has 242 valence electrons. The molecule has 0 amide bonds. The van der Waals surface area contributed by atoms with E-state index in [2.05, 4.69) is 22.0 Å². The highest BCUT2D eigenvalue weighted by molar-refractivity contribution is 5.95. The number of nitrogens with one attached hydrogen (secondary N) is 3. The Morgan fingerprint density at radius 1 is 1.13 bits per heavy atom. The fraction of sp³-hybridized carbons (Fsp3) is 0.241. The fourth-order valence-electron chi connectivity index (χ4n) is 3.64. The van der Waals surface area contributed by atoms with E-state index in [1.54, 1.807) is 48.7 Å². The number of nitrogen functional groups attached to an aromatic ring is 1. The summed E-state index contributed by atoms with van der Waals surface area (Å²) in [4.78, 5) is 20.9. The smallest absolute Gasteiger partial charge is 0.448 e. The lowest BCUT2D eigenvalue weighted by Crippen LogP contribution is -2.45. The molecular weight excluding hydrogens is 602 g/mol. The van der Waals surface area contributed by atoms with Gasteiger partial charge in [0, 0.05) is 28.9 Å². The Morgan fingerprint density at radius 2 is 1.76 bits per heavy atom. The topological polar surface area (TPSA) is 164 Å². The second-order valence-electron chi connectivity index (χ2n) is 8.54. The van der Waals surface area contributed by atoms with Gasteiger partial charge in [-0.05, 0) is 45.8 Å². The van der Waals surface area contributed by atoms with Gasteiger partial charge in [-0.3, -0.25) is 10.4 Å². The Bertz CT molecular complexity index is 1650. The number of hydrogen-bond acceptors (Lipinski definition) is 8. The zero-order valence-corrected chi connectivity index (χ0v) is 25.1. The number of benzene rings is 2. The van der Waals surface area contributed by atoms with Crippen LogP contribution in [0, 0.1) is 11.2 Å². The molecule has 2 heterocycles. The van der Waals surface area contributed by atoms with E-state index in [1.165, 1.54) is 38.2 Å². The van der Waals surface area contributed by atoms with Gasteiger partial charge < -0.3 is 30.5 Å². The third-order valence-electron chi connectivity index (χ3n) is 5.77. The van der Waals surface area contributed by atoms with Gasteiger partial charge in [-0.15, -0.1) is 0 Å². The second-order valence-corrected chi connectivity index (χ2v) is 8.54. The Morgan fingerprint density at radius 3 is 2.27 bits per heavy atom. The van der Waals surface area contributed by atoms with Crippen LogP contribution in [0.4, 0.5) is 23.2 Å². The highest BCUT2D eigenvalue weighted by Gasteiger charge is 2.31. The lowest BCUT2D eigenvalue weighted by atomic mass is 10.0. The highest BCUT2D eigenvalue weighted by atomic mass is 19.4. The molecule has 0 saturated heterocycles. The molecule has 4 rings (SSSR count). The van der Waals surface area contributed by atoms with E-state index in [1.807, 2.05) is 13.8 Å². The summed E-state index contributed by atoms with van der Waals surface area (Å²) in [6.07, 6.45) is -3.02. The molecule has 0 aliphatic rings. The minimum atomic E-state index is -4.64. The monoisotopic (exact) mass is 636 g/mol. The van der Waals surface area contributed by atoms with E-state index in [-0.39, 0.29) is 23.0 Å². The molecule has 6 N–H and O–H groups in total. The maximum absolute atomic E-state index is 15.5. The van der Waals surface area contributed by atoms with E-state index >= 15 is 4.39 Å². The molecule has 0 aliphatic carbocycles. The first kappa shape index (κ1) is 35.7. The number of aliphatic hydroxyl groups excluding tert-OH is 1. The van der Waals surface area contributed by atoms with E-state index in [0.717, 1.165) is 4.68 Å². The lowest BCUT2D eigenvalue weighted by Gasteiger charge is -2.20. The molecule has 0 spiro atoms. The van der Waals surface area contributed by atoms with Gasteiger partial charge in [0.1, 0.15) is 30.9 Å². The quantitative estimate of drug-likeness (QED) is 0.0600. The molecule has 12 nitrogen and oxygen atoms in total. The molecule has 16 heteroatoms. The van der Waals surface area contributed by atoms with E-state index in [9.17, 15) is 18.0 Å². The van der Waals surface area contributed by atoms with Crippen molar-refractivity contribution in [3.63, 3.8) is 0 Å². The number of hydrogen-bond donors (Lipinski definition) is 5. The number of pyridine rings is 1. The average Bonchev–Trinajstić information content (AvgIpc) is 3.41. The predicted molar refractivity (Wildman–Crippen MR) is 158 cm³/mol. The van der Waals surface area contributed by atoms with Gasteiger partial charge in [0.15, 0.2) is 23.2 Å². The van der Waals surface area contributed by atoms with Gasteiger partial charge in [0.25, 0.3) is 0 Å². The summed E-state index contributed by atoms with van der Waals surface area (Å²) in [5, 5.41) is 22.8. The van der Waals surface area contributed by atoms with Gasteiger partial charge in [-0.25, -0.2) is 9.18 Å². The third kappa shape index (κ3) is 8.98. The normalized spacial score (nSPS) is 11.1. The van der Waals surface area contributed by atoms with Crippen LogP contribution in [0.25, 0.3) is 5.82 Å². The van der Waals surface area contributed by atoms with Crippen LogP contribution in [0.3, 0.4) is 0 Å². The molecule has 45 heavy (non-hydrogen) atoms. The SMILES string of the molecule is C=C(O)C(F)(F)F.CC.COc1cc(OC)c(F)c(C(Nc2ccc(C(=N)N)cc2)c2nn(-c3cccc[n+]3OC)c(=O)[nH]2)c1. The molecule has 0 radical (unpaired) electrons. The standard InChI is InChI=1S/C24H24FN7O4.C3H3F3O.C2H6/c1-34-16-12-17(20(25)18(13-16)35-2)21(28-15-9-7-14(8-10-15)22(26)27)23-29-24(33)32(30-23)19-6-4-5-11-31(19)36-3;1-2(7)3(4,5)6;1-2/h4-13,21H,1-3H3,(H4-,26,27,28,29,30,33);7H,1H2;1-2H3/p+1. The number of H-pyrrole nitrogens is 1. The van der Waals surface area contributed by atoms with Crippen LogP contribution in [-0.2, 0) is 0 Å². The van der Waals surface area contributed by atoms with Crippen molar-refractivity contribution in [3.8, 4) is 17.3 Å². The number of ether oxygens (including phenoxy) is 2. The van der Waals surface area contributed by atoms with Crippen molar-refractivity contribution in [2.45, 2.75) is 26.1 Å². The first-order valence-electron chi connectivity index (χ1n) is 13.1. The number of halogens is 4. The minimum Gasteiger partial charge on any atom is -0.505 e. The predicted octanol–water partition coefficient (Wildman–Crippen LogP) is 4.19. The van der Waals surface area contributed by atoms with Crippen molar-refractivity contribution in [2.75, 3.05) is 26.6 Å². The largest absolute Gasteiger partial charge is 0.505 e. The summed E-state index contributed by atoms with van der Waals surface area (Å²) in [6, 6.07) is 13.7. The molecule has 1 unspecified atom stereocenters. The number of amidine groups is 1. The number of alkyl halides is 3. The van der Waals surface area contributed by atoms with Crippen LogP contribution in [-0.4, -0.2) is 53.2 Å². The number of nitrogens with zero attached hydrogens (tertiary/aromatic N) is 3. The number of nitrogens with two attached hydrogens (primary N) is 1. The number of methoxy groups -OCH3 is 2. The summed E-state index contributed by atoms with van der Waals surface area (Å²) in [5.41, 5.74) is 6.20. The van der Waals surface area contributed by atoms with Crippen molar-refractivity contribution in [1.29, 1.82) is 5.41 Å². The zero-order valence-electron chi connectivity index (χ0n) is 25.1. The number of anilines is 1. The summed E-state index contributed by atoms with van der Waals surface area (Å²) < 4.78 is 61.0. The number of rotatable bonds is 9. The van der Waals surface area contributed by atoms with Gasteiger partial charge in [0.05, 0.1) is 14.2 Å². The third-order valence-corrected chi connectivity index (χ3v) is 5.77. The number of aromatic nitrogens is 4. The molecular formula is C29H34F4N7O5+. The first-order valence-corrected chi connectivity index (χ1v) is 13.1. The van der Waals surface area contributed by atoms with E-state index in [0.29, 0.717) is 22.8 Å². The van der Waals surface area contributed by atoms with Gasteiger partial charge >= 0.3 is 17.7 Å².